The number of alkyl halides is 1. The summed E-state index contributed by atoms with van der Waals surface area (Å²) in [5.41, 5.74) is 1.29. The van der Waals surface area contributed by atoms with Gasteiger partial charge in [-0.05, 0) is 36.0 Å². The standard InChI is InChI=1S/C14H20Cl2/c1-3-5-11(2)13(10-15)8-12-6-4-7-14(16)9-12/h4,6-7,9,11,13H,3,5,8,10H2,1-2H3. The molecule has 0 N–H and O–H groups in total. The lowest BCUT2D eigenvalue weighted by molar-refractivity contribution is 0.363. The summed E-state index contributed by atoms with van der Waals surface area (Å²) < 4.78 is 0. The summed E-state index contributed by atoms with van der Waals surface area (Å²) in [5, 5.41) is 0.814. The molecule has 0 aromatic heterocycles. The third-order valence-electron chi connectivity index (χ3n) is 3.13. The Morgan fingerprint density at radius 3 is 2.62 bits per heavy atom. The van der Waals surface area contributed by atoms with E-state index in [2.05, 4.69) is 19.9 Å². The minimum Gasteiger partial charge on any atom is -0.126 e. The largest absolute Gasteiger partial charge is 0.126 e. The highest BCUT2D eigenvalue weighted by Gasteiger charge is 2.16. The molecule has 0 amide bonds. The molecule has 0 saturated heterocycles. The van der Waals surface area contributed by atoms with E-state index in [1.165, 1.54) is 18.4 Å². The quantitative estimate of drug-likeness (QED) is 0.618. The summed E-state index contributed by atoms with van der Waals surface area (Å²) in [6, 6.07) is 8.09. The van der Waals surface area contributed by atoms with Crippen molar-refractivity contribution in [3.05, 3.63) is 34.9 Å². The lowest BCUT2D eigenvalue weighted by Crippen LogP contribution is -2.16. The van der Waals surface area contributed by atoms with Crippen molar-refractivity contribution >= 4 is 23.2 Å². The van der Waals surface area contributed by atoms with Crippen LogP contribution in [0.5, 0.6) is 0 Å². The molecule has 1 aromatic rings. The Hall–Kier alpha value is -0.200. The highest BCUT2D eigenvalue weighted by molar-refractivity contribution is 6.30. The second-order valence-corrected chi connectivity index (χ2v) is 5.26. The molecule has 0 aliphatic carbocycles. The van der Waals surface area contributed by atoms with E-state index in [4.69, 9.17) is 23.2 Å². The number of halogens is 2. The van der Waals surface area contributed by atoms with Gasteiger partial charge in [0, 0.05) is 10.9 Å². The summed E-state index contributed by atoms with van der Waals surface area (Å²) >= 11 is 12.0. The van der Waals surface area contributed by atoms with E-state index in [9.17, 15) is 0 Å². The van der Waals surface area contributed by atoms with Crippen LogP contribution in [0.25, 0.3) is 0 Å². The van der Waals surface area contributed by atoms with Gasteiger partial charge in [0.05, 0.1) is 0 Å². The maximum atomic E-state index is 6.05. The molecule has 0 heterocycles. The molecule has 2 heteroatoms. The molecule has 0 radical (unpaired) electrons. The van der Waals surface area contributed by atoms with E-state index in [0.717, 1.165) is 17.3 Å². The van der Waals surface area contributed by atoms with Crippen molar-refractivity contribution in [3.8, 4) is 0 Å². The second-order valence-electron chi connectivity index (χ2n) is 4.51. The van der Waals surface area contributed by atoms with Crippen molar-refractivity contribution in [1.29, 1.82) is 0 Å². The van der Waals surface area contributed by atoms with Gasteiger partial charge in [-0.15, -0.1) is 11.6 Å². The highest BCUT2D eigenvalue weighted by Crippen LogP contribution is 2.24. The zero-order valence-electron chi connectivity index (χ0n) is 10.0. The average molecular weight is 259 g/mol. The van der Waals surface area contributed by atoms with Crippen LogP contribution < -0.4 is 0 Å². The second kappa shape index (κ2) is 7.19. The SMILES string of the molecule is CCCC(C)C(CCl)Cc1cccc(Cl)c1. The van der Waals surface area contributed by atoms with Crippen molar-refractivity contribution in [1.82, 2.24) is 0 Å². The number of benzene rings is 1. The molecule has 0 bridgehead atoms. The monoisotopic (exact) mass is 258 g/mol. The molecule has 2 atom stereocenters. The molecule has 90 valence electrons. The first kappa shape index (κ1) is 13.9. The van der Waals surface area contributed by atoms with E-state index < -0.39 is 0 Å². The molecule has 0 aliphatic heterocycles. The van der Waals surface area contributed by atoms with E-state index >= 15 is 0 Å². The summed E-state index contributed by atoms with van der Waals surface area (Å²) in [4.78, 5) is 0. The van der Waals surface area contributed by atoms with E-state index in [1.54, 1.807) is 0 Å². The Labute approximate surface area is 109 Å². The van der Waals surface area contributed by atoms with Gasteiger partial charge < -0.3 is 0 Å². The fourth-order valence-corrected chi connectivity index (χ4v) is 2.69. The summed E-state index contributed by atoms with van der Waals surface area (Å²) in [7, 11) is 0. The van der Waals surface area contributed by atoms with Crippen LogP contribution in [0.2, 0.25) is 5.02 Å². The molecule has 1 aromatic carbocycles. The predicted molar refractivity (Wildman–Crippen MR) is 73.4 cm³/mol. The average Bonchev–Trinajstić information content (AvgIpc) is 2.26. The van der Waals surface area contributed by atoms with Crippen molar-refractivity contribution in [2.45, 2.75) is 33.1 Å². The molecule has 16 heavy (non-hydrogen) atoms. The van der Waals surface area contributed by atoms with Gasteiger partial charge in [-0.2, -0.15) is 0 Å². The van der Waals surface area contributed by atoms with Crippen LogP contribution in [-0.2, 0) is 6.42 Å². The molecule has 0 saturated carbocycles. The normalized spacial score (nSPS) is 14.8. The van der Waals surface area contributed by atoms with Gasteiger partial charge in [-0.3, -0.25) is 0 Å². The van der Waals surface area contributed by atoms with Crippen LogP contribution in [0.1, 0.15) is 32.3 Å². The predicted octanol–water partition coefficient (Wildman–Crippen LogP) is 5.17. The van der Waals surface area contributed by atoms with Gasteiger partial charge in [0.15, 0.2) is 0 Å². The van der Waals surface area contributed by atoms with Crippen LogP contribution in [-0.4, -0.2) is 5.88 Å². The van der Waals surface area contributed by atoms with Crippen molar-refractivity contribution in [2.75, 3.05) is 5.88 Å². The maximum absolute atomic E-state index is 6.05. The Balaban J connectivity index is 2.62. The zero-order valence-corrected chi connectivity index (χ0v) is 11.6. The molecule has 1 rings (SSSR count). The summed E-state index contributed by atoms with van der Waals surface area (Å²) in [5.74, 6) is 1.97. The fourth-order valence-electron chi connectivity index (χ4n) is 2.07. The molecular formula is C14H20Cl2. The van der Waals surface area contributed by atoms with Crippen molar-refractivity contribution in [2.24, 2.45) is 11.8 Å². The molecule has 0 fully saturated rings. The van der Waals surface area contributed by atoms with Gasteiger partial charge in [0.1, 0.15) is 0 Å². The summed E-state index contributed by atoms with van der Waals surface area (Å²) in [6.45, 7) is 4.52. The minimum atomic E-state index is 0.556. The van der Waals surface area contributed by atoms with Crippen LogP contribution in [0, 0.1) is 11.8 Å². The van der Waals surface area contributed by atoms with Gasteiger partial charge in [-0.1, -0.05) is 50.4 Å². The van der Waals surface area contributed by atoms with Gasteiger partial charge in [-0.25, -0.2) is 0 Å². The highest BCUT2D eigenvalue weighted by atomic mass is 35.5. The van der Waals surface area contributed by atoms with E-state index in [0.29, 0.717) is 11.8 Å². The number of hydrogen-bond donors (Lipinski definition) is 0. The molecule has 0 spiro atoms. The van der Waals surface area contributed by atoms with Crippen molar-refractivity contribution in [3.63, 3.8) is 0 Å². The molecule has 2 unspecified atom stereocenters. The van der Waals surface area contributed by atoms with Crippen LogP contribution >= 0.6 is 23.2 Å². The lowest BCUT2D eigenvalue weighted by atomic mass is 9.87. The minimum absolute atomic E-state index is 0.556. The van der Waals surface area contributed by atoms with Crippen molar-refractivity contribution < 1.29 is 0 Å². The first-order chi connectivity index (χ1) is 7.67. The Morgan fingerprint density at radius 2 is 2.06 bits per heavy atom. The lowest BCUT2D eigenvalue weighted by Gasteiger charge is -2.21. The van der Waals surface area contributed by atoms with E-state index in [-0.39, 0.29) is 0 Å². The van der Waals surface area contributed by atoms with Crippen LogP contribution in [0.3, 0.4) is 0 Å². The number of hydrogen-bond acceptors (Lipinski definition) is 0. The van der Waals surface area contributed by atoms with Gasteiger partial charge >= 0.3 is 0 Å². The molecule has 0 nitrogen and oxygen atoms in total. The Morgan fingerprint density at radius 1 is 1.31 bits per heavy atom. The fraction of sp³-hybridized carbons (Fsp3) is 0.571. The van der Waals surface area contributed by atoms with Crippen LogP contribution in [0.4, 0.5) is 0 Å². The first-order valence-electron chi connectivity index (χ1n) is 5.97. The zero-order chi connectivity index (χ0) is 12.0. The maximum Gasteiger partial charge on any atom is 0.0408 e. The topological polar surface area (TPSA) is 0 Å². The first-order valence-corrected chi connectivity index (χ1v) is 6.89. The molecular weight excluding hydrogens is 239 g/mol. The Bertz CT molecular complexity index is 309. The van der Waals surface area contributed by atoms with Gasteiger partial charge in [0.2, 0.25) is 0 Å². The number of rotatable bonds is 6. The Kier molecular flexibility index (Phi) is 6.23. The van der Waals surface area contributed by atoms with Gasteiger partial charge in [0.25, 0.3) is 0 Å². The molecule has 0 aliphatic rings. The summed E-state index contributed by atoms with van der Waals surface area (Å²) in [6.07, 6.45) is 3.51. The van der Waals surface area contributed by atoms with E-state index in [1.807, 2.05) is 18.2 Å². The third-order valence-corrected chi connectivity index (χ3v) is 3.77. The smallest absolute Gasteiger partial charge is 0.0408 e. The third kappa shape index (κ3) is 4.35. The van der Waals surface area contributed by atoms with Crippen LogP contribution in [0.15, 0.2) is 24.3 Å².